The molecule has 0 saturated heterocycles. The lowest BCUT2D eigenvalue weighted by atomic mass is 9.87. The topological polar surface area (TPSA) is 38.9 Å². The molecule has 0 unspecified atom stereocenters. The molecule has 156 valence electrons. The molecule has 2 N–H and O–H groups in total. The first kappa shape index (κ1) is 19.3. The number of anilines is 1. The van der Waals surface area contributed by atoms with Gasteiger partial charge in [-0.15, -0.1) is 0 Å². The Labute approximate surface area is 193 Å². The summed E-state index contributed by atoms with van der Waals surface area (Å²) in [5.74, 6) is 0. The Hall–Kier alpha value is -4.43. The van der Waals surface area contributed by atoms with Crippen LogP contribution in [0.3, 0.4) is 0 Å². The molecule has 1 heterocycles. The van der Waals surface area contributed by atoms with Gasteiger partial charge in [0.05, 0.1) is 5.69 Å². The van der Waals surface area contributed by atoms with Gasteiger partial charge in [0.1, 0.15) is 0 Å². The first-order valence-electron chi connectivity index (χ1n) is 11.1. The lowest BCUT2D eigenvalue weighted by molar-refractivity contribution is 1.34. The number of nitrogens with two attached hydrogens (primary N) is 1. The molecule has 0 bridgehead atoms. The number of nitrogens with zero attached hydrogens (tertiary/aromatic N) is 1. The van der Waals surface area contributed by atoms with Crippen molar-refractivity contribution in [1.29, 1.82) is 0 Å². The first-order valence-corrected chi connectivity index (χ1v) is 11.1. The molecular weight excluding hydrogens is 400 g/mol. The molecule has 0 amide bonds. The summed E-state index contributed by atoms with van der Waals surface area (Å²) in [6.07, 6.45) is 1.97. The van der Waals surface area contributed by atoms with Crippen LogP contribution in [0, 0.1) is 0 Å². The van der Waals surface area contributed by atoms with Gasteiger partial charge in [-0.1, -0.05) is 97.1 Å². The van der Waals surface area contributed by atoms with Crippen molar-refractivity contribution in [3.63, 3.8) is 0 Å². The van der Waals surface area contributed by atoms with E-state index >= 15 is 0 Å². The molecule has 0 atom stereocenters. The SMILES string of the molecule is Nc1ccc(-c2c3ccccc3c(-c3ccc(-c4ccccc4)cn3)c3ccccc23)cc1. The minimum Gasteiger partial charge on any atom is -0.399 e. The molecule has 33 heavy (non-hydrogen) atoms. The highest BCUT2D eigenvalue weighted by Crippen LogP contribution is 2.43. The molecule has 6 aromatic rings. The molecule has 0 aliphatic carbocycles. The first-order chi connectivity index (χ1) is 16.3. The van der Waals surface area contributed by atoms with Gasteiger partial charge >= 0.3 is 0 Å². The van der Waals surface area contributed by atoms with E-state index in [1.54, 1.807) is 0 Å². The van der Waals surface area contributed by atoms with Gasteiger partial charge in [-0.25, -0.2) is 0 Å². The van der Waals surface area contributed by atoms with E-state index in [0.29, 0.717) is 0 Å². The minimum absolute atomic E-state index is 0.770. The fourth-order valence-corrected chi connectivity index (χ4v) is 4.71. The summed E-state index contributed by atoms with van der Waals surface area (Å²) in [5, 5.41) is 4.82. The van der Waals surface area contributed by atoms with Crippen LogP contribution < -0.4 is 5.73 Å². The quantitative estimate of drug-likeness (QED) is 0.232. The molecule has 2 nitrogen and oxygen atoms in total. The fourth-order valence-electron chi connectivity index (χ4n) is 4.71. The molecule has 0 radical (unpaired) electrons. The van der Waals surface area contributed by atoms with Crippen LogP contribution in [0.15, 0.2) is 121 Å². The third-order valence-electron chi connectivity index (χ3n) is 6.26. The Bertz CT molecular complexity index is 1530. The summed E-state index contributed by atoms with van der Waals surface area (Å²) >= 11 is 0. The Morgan fingerprint density at radius 2 is 0.939 bits per heavy atom. The van der Waals surface area contributed by atoms with Gasteiger partial charge in [0.25, 0.3) is 0 Å². The van der Waals surface area contributed by atoms with E-state index in [2.05, 4.69) is 97.1 Å². The second-order valence-electron chi connectivity index (χ2n) is 8.26. The molecule has 5 aromatic carbocycles. The number of hydrogen-bond donors (Lipinski definition) is 1. The van der Waals surface area contributed by atoms with Gasteiger partial charge in [-0.05, 0) is 56.4 Å². The lowest BCUT2D eigenvalue weighted by Gasteiger charge is -2.17. The van der Waals surface area contributed by atoms with E-state index in [4.69, 9.17) is 10.7 Å². The summed E-state index contributed by atoms with van der Waals surface area (Å²) in [4.78, 5) is 4.92. The van der Waals surface area contributed by atoms with Crippen molar-refractivity contribution >= 4 is 27.2 Å². The van der Waals surface area contributed by atoms with Crippen LogP contribution >= 0.6 is 0 Å². The van der Waals surface area contributed by atoms with Crippen molar-refractivity contribution < 1.29 is 0 Å². The van der Waals surface area contributed by atoms with Crippen LogP contribution in [0.2, 0.25) is 0 Å². The summed E-state index contributed by atoms with van der Waals surface area (Å²) in [6, 6.07) is 40.0. The zero-order chi connectivity index (χ0) is 22.2. The van der Waals surface area contributed by atoms with E-state index in [9.17, 15) is 0 Å². The highest BCUT2D eigenvalue weighted by atomic mass is 14.7. The molecule has 0 saturated carbocycles. The Morgan fingerprint density at radius 3 is 1.48 bits per heavy atom. The van der Waals surface area contributed by atoms with Gasteiger partial charge in [0.2, 0.25) is 0 Å². The largest absolute Gasteiger partial charge is 0.399 e. The van der Waals surface area contributed by atoms with Crippen LogP contribution in [-0.2, 0) is 0 Å². The maximum atomic E-state index is 5.98. The number of nitrogen functional groups attached to an aromatic ring is 1. The highest BCUT2D eigenvalue weighted by molar-refractivity contribution is 6.21. The zero-order valence-corrected chi connectivity index (χ0v) is 18.1. The fraction of sp³-hybridized carbons (Fsp3) is 0. The number of aromatic nitrogens is 1. The maximum absolute atomic E-state index is 5.98. The minimum atomic E-state index is 0.770. The van der Waals surface area contributed by atoms with Crippen LogP contribution in [0.1, 0.15) is 0 Å². The van der Waals surface area contributed by atoms with E-state index in [1.807, 2.05) is 24.4 Å². The molecular formula is C31H22N2. The van der Waals surface area contributed by atoms with Crippen molar-refractivity contribution in [2.24, 2.45) is 0 Å². The third-order valence-corrected chi connectivity index (χ3v) is 6.26. The van der Waals surface area contributed by atoms with Crippen LogP contribution in [0.25, 0.3) is 55.1 Å². The second-order valence-corrected chi connectivity index (χ2v) is 8.26. The normalized spacial score (nSPS) is 11.2. The van der Waals surface area contributed by atoms with E-state index in [-0.39, 0.29) is 0 Å². The maximum Gasteiger partial charge on any atom is 0.0714 e. The van der Waals surface area contributed by atoms with E-state index < -0.39 is 0 Å². The number of rotatable bonds is 3. The highest BCUT2D eigenvalue weighted by Gasteiger charge is 2.17. The molecule has 6 rings (SSSR count). The van der Waals surface area contributed by atoms with Crippen molar-refractivity contribution in [3.05, 3.63) is 121 Å². The van der Waals surface area contributed by atoms with Crippen molar-refractivity contribution in [3.8, 4) is 33.5 Å². The second kappa shape index (κ2) is 7.92. The molecule has 0 aliphatic heterocycles. The zero-order valence-electron chi connectivity index (χ0n) is 18.1. The molecule has 2 heteroatoms. The molecule has 1 aromatic heterocycles. The summed E-state index contributed by atoms with van der Waals surface area (Å²) in [5.41, 5.74) is 13.6. The average Bonchev–Trinajstić information content (AvgIpc) is 2.88. The summed E-state index contributed by atoms with van der Waals surface area (Å²) < 4.78 is 0. The Morgan fingerprint density at radius 1 is 0.424 bits per heavy atom. The van der Waals surface area contributed by atoms with Gasteiger partial charge < -0.3 is 5.73 Å². The number of fused-ring (bicyclic) bond motifs is 2. The average molecular weight is 423 g/mol. The van der Waals surface area contributed by atoms with Crippen LogP contribution in [0.4, 0.5) is 5.69 Å². The smallest absolute Gasteiger partial charge is 0.0714 e. The van der Waals surface area contributed by atoms with Gasteiger partial charge in [-0.2, -0.15) is 0 Å². The van der Waals surface area contributed by atoms with Gasteiger partial charge in [-0.3, -0.25) is 4.98 Å². The van der Waals surface area contributed by atoms with Crippen molar-refractivity contribution in [1.82, 2.24) is 4.98 Å². The number of benzene rings is 5. The standard InChI is InChI=1S/C31H22N2/c32-24-17-14-22(15-18-24)30-25-10-4-6-12-27(25)31(28-13-7-5-11-26(28)30)29-19-16-23(20-33-29)21-8-2-1-3-9-21/h1-20H,32H2. The third kappa shape index (κ3) is 3.33. The van der Waals surface area contributed by atoms with Crippen LogP contribution in [-0.4, -0.2) is 4.98 Å². The van der Waals surface area contributed by atoms with Crippen molar-refractivity contribution in [2.75, 3.05) is 5.73 Å². The number of pyridine rings is 1. The van der Waals surface area contributed by atoms with Gasteiger partial charge in [0.15, 0.2) is 0 Å². The van der Waals surface area contributed by atoms with Crippen molar-refractivity contribution in [2.45, 2.75) is 0 Å². The predicted octanol–water partition coefficient (Wildman–Crippen LogP) is 7.97. The Kier molecular flexibility index (Phi) is 4.63. The van der Waals surface area contributed by atoms with Crippen LogP contribution in [0.5, 0.6) is 0 Å². The lowest BCUT2D eigenvalue weighted by Crippen LogP contribution is -1.93. The molecule has 0 aliphatic rings. The van der Waals surface area contributed by atoms with E-state index in [1.165, 1.54) is 38.2 Å². The number of hydrogen-bond acceptors (Lipinski definition) is 2. The summed E-state index contributed by atoms with van der Waals surface area (Å²) in [7, 11) is 0. The monoisotopic (exact) mass is 422 g/mol. The molecule has 0 spiro atoms. The summed E-state index contributed by atoms with van der Waals surface area (Å²) in [6.45, 7) is 0. The Balaban J connectivity index is 1.64. The predicted molar refractivity (Wildman–Crippen MR) is 140 cm³/mol. The van der Waals surface area contributed by atoms with Gasteiger partial charge in [0, 0.05) is 23.0 Å². The molecule has 0 fully saturated rings. The van der Waals surface area contributed by atoms with E-state index in [0.717, 1.165) is 22.5 Å².